The minimum Gasteiger partial charge on any atom is -0.481 e. The van der Waals surface area contributed by atoms with Crippen molar-refractivity contribution in [1.29, 1.82) is 0 Å². The van der Waals surface area contributed by atoms with Crippen LogP contribution in [0.3, 0.4) is 0 Å². The Hall–Kier alpha value is 0.158. The van der Waals surface area contributed by atoms with E-state index in [1.165, 1.54) is 0 Å². The molecule has 0 aliphatic carbocycles. The fourth-order valence-corrected chi connectivity index (χ4v) is 0.328. The van der Waals surface area contributed by atoms with Crippen LogP contribution in [0.5, 0.6) is 0 Å². The number of carboxylic acids is 1. The number of hydrogen-bond acceptors (Lipinski definition) is 1. The molecule has 0 aromatic heterocycles. The fourth-order valence-electron chi connectivity index (χ4n) is 0.328. The topological polar surface area (TPSA) is 37.3 Å². The second-order valence-electron chi connectivity index (χ2n) is 1.50. The van der Waals surface area contributed by atoms with Crippen molar-refractivity contribution in [3.63, 3.8) is 0 Å². The molecule has 0 spiro atoms. The predicted octanol–water partition coefficient (Wildman–Crippen LogP) is 1.26. The van der Waals surface area contributed by atoms with E-state index in [1.54, 1.807) is 0 Å². The molecule has 0 radical (unpaired) electrons. The van der Waals surface area contributed by atoms with E-state index in [0.29, 0.717) is 6.42 Å². The van der Waals surface area contributed by atoms with Gasteiger partial charge in [-0.3, -0.25) is 4.79 Å². The molecule has 0 amide bonds. The van der Waals surface area contributed by atoms with Gasteiger partial charge in [0.05, 0.1) is 0 Å². The zero-order chi connectivity index (χ0) is 5.70. The second-order valence-corrected chi connectivity index (χ2v) is 1.50. The van der Waals surface area contributed by atoms with Gasteiger partial charge in [-0.25, -0.2) is 0 Å². The van der Waals surface area contributed by atoms with Gasteiger partial charge < -0.3 is 5.11 Å². The summed E-state index contributed by atoms with van der Waals surface area (Å²) in [6.45, 7) is 1.98. The van der Waals surface area contributed by atoms with Gasteiger partial charge in [-0.15, -0.1) is 0 Å². The third-order valence-electron chi connectivity index (χ3n) is 0.744. The number of carboxylic acid groups (broad SMARTS) is 1. The van der Waals surface area contributed by atoms with Crippen LogP contribution in [0.4, 0.5) is 0 Å². The van der Waals surface area contributed by atoms with Crippen LogP contribution >= 0.6 is 0 Å². The van der Waals surface area contributed by atoms with Gasteiger partial charge in [-0.1, -0.05) is 13.3 Å². The Kier molecular flexibility index (Phi) is 9.86. The summed E-state index contributed by atoms with van der Waals surface area (Å²) in [5, 5.41) is 8.04. The summed E-state index contributed by atoms with van der Waals surface area (Å²) in [4.78, 5) is 9.76. The Morgan fingerprint density at radius 3 is 2.25 bits per heavy atom. The molecule has 0 saturated heterocycles. The van der Waals surface area contributed by atoms with Crippen molar-refractivity contribution < 1.29 is 31.0 Å². The zero-order valence-electron chi connectivity index (χ0n) is 4.89. The average molecular weight is 198 g/mol. The monoisotopic (exact) mass is 200 g/mol. The van der Waals surface area contributed by atoms with Crippen LogP contribution in [0.15, 0.2) is 0 Å². The van der Waals surface area contributed by atoms with E-state index in [9.17, 15) is 4.79 Å². The minimum atomic E-state index is -0.693. The van der Waals surface area contributed by atoms with Gasteiger partial charge in [-0.05, 0) is 6.42 Å². The van der Waals surface area contributed by atoms with Crippen LogP contribution in [0, 0.1) is 0 Å². The predicted molar refractivity (Wildman–Crippen MR) is 27.2 cm³/mol. The Morgan fingerprint density at radius 1 is 1.62 bits per heavy atom. The number of aliphatic carboxylic acids is 1. The Morgan fingerprint density at radius 2 is 2.12 bits per heavy atom. The molecule has 0 aliphatic rings. The third-order valence-corrected chi connectivity index (χ3v) is 0.744. The summed E-state index contributed by atoms with van der Waals surface area (Å²) < 4.78 is 0. The van der Waals surface area contributed by atoms with Crippen LogP contribution in [-0.2, 0) is 25.9 Å². The summed E-state index contributed by atoms with van der Waals surface area (Å²) in [6, 6.07) is 0. The molecule has 3 heteroatoms. The van der Waals surface area contributed by atoms with Crippen molar-refractivity contribution in [3.8, 4) is 0 Å². The first-order valence-electron chi connectivity index (χ1n) is 2.49. The summed E-state index contributed by atoms with van der Waals surface area (Å²) in [7, 11) is 0. The van der Waals surface area contributed by atoms with Crippen molar-refractivity contribution >= 4 is 5.97 Å². The van der Waals surface area contributed by atoms with Gasteiger partial charge in [0.1, 0.15) is 0 Å². The molecule has 1 N–H and O–H groups in total. The van der Waals surface area contributed by atoms with Crippen LogP contribution in [-0.4, -0.2) is 11.1 Å². The SMILES string of the molecule is CCCCC(=O)O.[Mo]. The molecule has 48 valence electrons. The number of unbranched alkanes of at least 4 members (excludes halogenated alkanes) is 1. The van der Waals surface area contributed by atoms with Crippen LogP contribution in [0.2, 0.25) is 0 Å². The molecule has 0 aromatic rings. The van der Waals surface area contributed by atoms with Gasteiger partial charge >= 0.3 is 5.97 Å². The van der Waals surface area contributed by atoms with E-state index in [2.05, 4.69) is 0 Å². The van der Waals surface area contributed by atoms with Gasteiger partial charge in [0.2, 0.25) is 0 Å². The number of carbonyl (C=O) groups is 1. The van der Waals surface area contributed by atoms with E-state index in [0.717, 1.165) is 12.8 Å². The number of rotatable bonds is 3. The summed E-state index contributed by atoms with van der Waals surface area (Å²) in [5.41, 5.74) is 0. The van der Waals surface area contributed by atoms with Gasteiger partial charge in [0, 0.05) is 27.5 Å². The molecule has 0 aliphatic heterocycles. The molecular formula is C5H10MoO2. The maximum Gasteiger partial charge on any atom is 0.303 e. The first-order chi connectivity index (χ1) is 3.27. The third kappa shape index (κ3) is 9.48. The average Bonchev–Trinajstić information content (AvgIpc) is 1.61. The van der Waals surface area contributed by atoms with Gasteiger partial charge in [-0.2, -0.15) is 0 Å². The molecule has 0 bridgehead atoms. The quantitative estimate of drug-likeness (QED) is 0.693. The molecule has 0 rings (SSSR count). The molecule has 0 heterocycles. The van der Waals surface area contributed by atoms with Crippen molar-refractivity contribution in [2.24, 2.45) is 0 Å². The summed E-state index contributed by atoms with van der Waals surface area (Å²) >= 11 is 0. The van der Waals surface area contributed by atoms with Crippen LogP contribution < -0.4 is 0 Å². The maximum absolute atomic E-state index is 9.76. The zero-order valence-corrected chi connectivity index (χ0v) is 6.89. The molecule has 0 atom stereocenters. The standard InChI is InChI=1S/C5H10O2.Mo/c1-2-3-4-5(6)7;/h2-4H2,1H3,(H,6,7);. The molecule has 0 saturated carbocycles. The van der Waals surface area contributed by atoms with Crippen molar-refractivity contribution in [2.75, 3.05) is 0 Å². The molecule has 0 aromatic carbocycles. The molecule has 2 nitrogen and oxygen atoms in total. The van der Waals surface area contributed by atoms with Gasteiger partial charge in [0.25, 0.3) is 0 Å². The van der Waals surface area contributed by atoms with Crippen molar-refractivity contribution in [2.45, 2.75) is 26.2 Å². The second kappa shape index (κ2) is 7.16. The first-order valence-corrected chi connectivity index (χ1v) is 2.49. The van der Waals surface area contributed by atoms with E-state index in [1.807, 2.05) is 6.92 Å². The van der Waals surface area contributed by atoms with Crippen molar-refractivity contribution in [3.05, 3.63) is 0 Å². The summed E-state index contributed by atoms with van der Waals surface area (Å²) in [5.74, 6) is -0.693. The smallest absolute Gasteiger partial charge is 0.303 e. The molecule has 0 fully saturated rings. The number of hydrogen-bond donors (Lipinski definition) is 1. The van der Waals surface area contributed by atoms with E-state index >= 15 is 0 Å². The van der Waals surface area contributed by atoms with E-state index in [-0.39, 0.29) is 21.1 Å². The van der Waals surface area contributed by atoms with E-state index in [4.69, 9.17) is 5.11 Å². The normalized spacial score (nSPS) is 7.62. The minimum absolute atomic E-state index is 0. The first kappa shape index (κ1) is 11.0. The fraction of sp³-hybridized carbons (Fsp3) is 0.800. The Balaban J connectivity index is 0. The largest absolute Gasteiger partial charge is 0.481 e. The Labute approximate surface area is 63.5 Å². The molecular weight excluding hydrogens is 188 g/mol. The summed E-state index contributed by atoms with van der Waals surface area (Å²) in [6.07, 6.45) is 2.08. The molecule has 0 unspecified atom stereocenters. The maximum atomic E-state index is 9.76. The Bertz CT molecular complexity index is 63.4. The van der Waals surface area contributed by atoms with Crippen LogP contribution in [0.1, 0.15) is 26.2 Å². The van der Waals surface area contributed by atoms with Crippen LogP contribution in [0.25, 0.3) is 0 Å². The van der Waals surface area contributed by atoms with Crippen molar-refractivity contribution in [1.82, 2.24) is 0 Å². The van der Waals surface area contributed by atoms with E-state index < -0.39 is 5.97 Å². The van der Waals surface area contributed by atoms with Gasteiger partial charge in [0.15, 0.2) is 0 Å². The molecule has 8 heavy (non-hydrogen) atoms.